The Kier molecular flexibility index (Phi) is 3.34. The first-order valence-corrected chi connectivity index (χ1v) is 7.00. The molecule has 1 unspecified atom stereocenters. The maximum absolute atomic E-state index is 12.6. The molecular formula is C15H18N2O3. The van der Waals surface area contributed by atoms with Crippen molar-refractivity contribution in [3.05, 3.63) is 23.8 Å². The van der Waals surface area contributed by atoms with Gasteiger partial charge in [0.15, 0.2) is 12.4 Å². The third-order valence-electron chi connectivity index (χ3n) is 3.81. The molecule has 1 aromatic rings. The van der Waals surface area contributed by atoms with E-state index in [9.17, 15) is 9.59 Å². The molecule has 3 rings (SSSR count). The molecular weight excluding hydrogens is 256 g/mol. The molecule has 106 valence electrons. The monoisotopic (exact) mass is 274 g/mol. The van der Waals surface area contributed by atoms with Gasteiger partial charge in [0.05, 0.1) is 11.3 Å². The first-order chi connectivity index (χ1) is 9.65. The van der Waals surface area contributed by atoms with Crippen molar-refractivity contribution >= 4 is 17.5 Å². The Morgan fingerprint density at radius 1 is 1.45 bits per heavy atom. The number of ether oxygens (including phenoxy) is 1. The zero-order valence-corrected chi connectivity index (χ0v) is 11.5. The average molecular weight is 274 g/mol. The van der Waals surface area contributed by atoms with Crippen LogP contribution in [-0.4, -0.2) is 36.4 Å². The quantitative estimate of drug-likeness (QED) is 0.850. The fraction of sp³-hybridized carbons (Fsp3) is 0.467. The maximum atomic E-state index is 12.6. The summed E-state index contributed by atoms with van der Waals surface area (Å²) in [6.07, 6.45) is 2.21. The van der Waals surface area contributed by atoms with E-state index in [-0.39, 0.29) is 18.4 Å². The fourth-order valence-corrected chi connectivity index (χ4v) is 2.83. The van der Waals surface area contributed by atoms with Gasteiger partial charge >= 0.3 is 0 Å². The van der Waals surface area contributed by atoms with Gasteiger partial charge in [-0.25, -0.2) is 0 Å². The Labute approximate surface area is 117 Å². The summed E-state index contributed by atoms with van der Waals surface area (Å²) >= 11 is 0. The molecule has 1 fully saturated rings. The number of nitrogens with zero attached hydrogens (tertiary/aromatic N) is 1. The standard InChI is InChI=1S/C15H18N2O3/c1-10-4-3-7-17(8-10)15(19)11-5-2-6-12-14(11)20-9-13(18)16-12/h2,5-6,10H,3-4,7-9H2,1H3,(H,16,18). The molecule has 0 aromatic heterocycles. The molecule has 0 bridgehead atoms. The lowest BCUT2D eigenvalue weighted by Crippen LogP contribution is -2.39. The van der Waals surface area contributed by atoms with E-state index < -0.39 is 0 Å². The Morgan fingerprint density at radius 2 is 2.30 bits per heavy atom. The first-order valence-electron chi connectivity index (χ1n) is 7.00. The molecule has 20 heavy (non-hydrogen) atoms. The summed E-state index contributed by atoms with van der Waals surface area (Å²) in [7, 11) is 0. The highest BCUT2D eigenvalue weighted by atomic mass is 16.5. The van der Waals surface area contributed by atoms with Crippen molar-refractivity contribution < 1.29 is 14.3 Å². The van der Waals surface area contributed by atoms with Crippen molar-refractivity contribution in [1.82, 2.24) is 4.90 Å². The molecule has 2 amide bonds. The number of para-hydroxylation sites is 1. The molecule has 5 nitrogen and oxygen atoms in total. The second-order valence-corrected chi connectivity index (χ2v) is 5.52. The Balaban J connectivity index is 1.88. The Hall–Kier alpha value is -2.04. The second kappa shape index (κ2) is 5.15. The lowest BCUT2D eigenvalue weighted by atomic mass is 9.99. The molecule has 2 heterocycles. The lowest BCUT2D eigenvalue weighted by molar-refractivity contribution is -0.118. The van der Waals surface area contributed by atoms with Crippen LogP contribution in [0.5, 0.6) is 5.75 Å². The van der Waals surface area contributed by atoms with Crippen LogP contribution in [0.1, 0.15) is 30.1 Å². The highest BCUT2D eigenvalue weighted by molar-refractivity contribution is 6.03. The number of rotatable bonds is 1. The van der Waals surface area contributed by atoms with Crippen molar-refractivity contribution in [2.75, 3.05) is 25.0 Å². The molecule has 5 heteroatoms. The smallest absolute Gasteiger partial charge is 0.262 e. The highest BCUT2D eigenvalue weighted by Gasteiger charge is 2.27. The number of hydrogen-bond acceptors (Lipinski definition) is 3. The van der Waals surface area contributed by atoms with Gasteiger partial charge in [-0.05, 0) is 30.9 Å². The van der Waals surface area contributed by atoms with Crippen molar-refractivity contribution in [2.24, 2.45) is 5.92 Å². The van der Waals surface area contributed by atoms with E-state index in [4.69, 9.17) is 4.74 Å². The number of piperidine rings is 1. The fourth-order valence-electron chi connectivity index (χ4n) is 2.83. The number of benzene rings is 1. The summed E-state index contributed by atoms with van der Waals surface area (Å²) in [5.41, 5.74) is 1.12. The van der Waals surface area contributed by atoms with Gasteiger partial charge < -0.3 is 15.0 Å². The van der Waals surface area contributed by atoms with E-state index >= 15 is 0 Å². The van der Waals surface area contributed by atoms with Crippen molar-refractivity contribution in [3.8, 4) is 5.75 Å². The topological polar surface area (TPSA) is 58.6 Å². The maximum Gasteiger partial charge on any atom is 0.262 e. The summed E-state index contributed by atoms with van der Waals surface area (Å²) in [5, 5.41) is 2.73. The van der Waals surface area contributed by atoms with Gasteiger partial charge in [-0.15, -0.1) is 0 Å². The van der Waals surface area contributed by atoms with Crippen LogP contribution in [0.15, 0.2) is 18.2 Å². The van der Waals surface area contributed by atoms with Crippen LogP contribution in [0.25, 0.3) is 0 Å². The summed E-state index contributed by atoms with van der Waals surface area (Å²) in [6.45, 7) is 3.71. The zero-order valence-electron chi connectivity index (χ0n) is 11.5. The van der Waals surface area contributed by atoms with Crippen LogP contribution in [0, 0.1) is 5.92 Å². The van der Waals surface area contributed by atoms with Crippen LogP contribution < -0.4 is 10.1 Å². The van der Waals surface area contributed by atoms with Gasteiger partial charge in [-0.3, -0.25) is 9.59 Å². The molecule has 2 aliphatic heterocycles. The number of anilines is 1. The zero-order chi connectivity index (χ0) is 14.1. The van der Waals surface area contributed by atoms with E-state index in [1.807, 2.05) is 4.90 Å². The van der Waals surface area contributed by atoms with Gasteiger partial charge in [0.1, 0.15) is 0 Å². The molecule has 0 radical (unpaired) electrons. The van der Waals surface area contributed by atoms with Crippen molar-refractivity contribution in [3.63, 3.8) is 0 Å². The van der Waals surface area contributed by atoms with E-state index in [0.717, 1.165) is 19.5 Å². The summed E-state index contributed by atoms with van der Waals surface area (Å²) in [4.78, 5) is 25.8. The SMILES string of the molecule is CC1CCCN(C(=O)c2cccc3c2OCC(=O)N3)C1. The third kappa shape index (κ3) is 2.35. The van der Waals surface area contributed by atoms with Gasteiger partial charge in [-0.1, -0.05) is 13.0 Å². The van der Waals surface area contributed by atoms with Gasteiger partial charge in [0, 0.05) is 13.1 Å². The van der Waals surface area contributed by atoms with Crippen LogP contribution in [-0.2, 0) is 4.79 Å². The number of likely N-dealkylation sites (tertiary alicyclic amines) is 1. The van der Waals surface area contributed by atoms with Crippen molar-refractivity contribution in [2.45, 2.75) is 19.8 Å². The van der Waals surface area contributed by atoms with Gasteiger partial charge in [0.25, 0.3) is 11.8 Å². The minimum atomic E-state index is -0.186. The largest absolute Gasteiger partial charge is 0.481 e. The number of fused-ring (bicyclic) bond motifs is 1. The lowest BCUT2D eigenvalue weighted by Gasteiger charge is -2.32. The molecule has 2 aliphatic rings. The highest BCUT2D eigenvalue weighted by Crippen LogP contribution is 2.33. The number of carbonyl (C=O) groups is 2. The third-order valence-corrected chi connectivity index (χ3v) is 3.81. The predicted octanol–water partition coefficient (Wildman–Crippen LogP) is 1.89. The van der Waals surface area contributed by atoms with Crippen molar-refractivity contribution in [1.29, 1.82) is 0 Å². The Morgan fingerprint density at radius 3 is 3.10 bits per heavy atom. The summed E-state index contributed by atoms with van der Waals surface area (Å²) < 4.78 is 5.45. The summed E-state index contributed by atoms with van der Waals surface area (Å²) in [6, 6.07) is 5.29. The minimum Gasteiger partial charge on any atom is -0.481 e. The molecule has 0 spiro atoms. The molecule has 1 aromatic carbocycles. The number of carbonyl (C=O) groups excluding carboxylic acids is 2. The molecule has 0 aliphatic carbocycles. The normalized spacial score (nSPS) is 21.8. The first kappa shape index (κ1) is 13.0. The van der Waals surface area contributed by atoms with E-state index in [0.29, 0.717) is 22.9 Å². The van der Waals surface area contributed by atoms with Gasteiger partial charge in [0.2, 0.25) is 0 Å². The molecule has 1 N–H and O–H groups in total. The Bertz CT molecular complexity index is 556. The van der Waals surface area contributed by atoms with E-state index in [1.54, 1.807) is 18.2 Å². The van der Waals surface area contributed by atoms with Crippen LogP contribution in [0.3, 0.4) is 0 Å². The van der Waals surface area contributed by atoms with Gasteiger partial charge in [-0.2, -0.15) is 0 Å². The average Bonchev–Trinajstić information content (AvgIpc) is 2.45. The van der Waals surface area contributed by atoms with Crippen LogP contribution >= 0.6 is 0 Å². The molecule has 0 saturated carbocycles. The number of amides is 2. The van der Waals surface area contributed by atoms with Crippen LogP contribution in [0.4, 0.5) is 5.69 Å². The summed E-state index contributed by atoms with van der Waals surface area (Å²) in [5.74, 6) is 0.835. The second-order valence-electron chi connectivity index (χ2n) is 5.52. The van der Waals surface area contributed by atoms with E-state index in [2.05, 4.69) is 12.2 Å². The van der Waals surface area contributed by atoms with E-state index in [1.165, 1.54) is 6.42 Å². The molecule has 1 atom stereocenters. The predicted molar refractivity (Wildman–Crippen MR) is 74.9 cm³/mol. The van der Waals surface area contributed by atoms with Crippen LogP contribution in [0.2, 0.25) is 0 Å². The minimum absolute atomic E-state index is 0.00968. The molecule has 1 saturated heterocycles. The number of nitrogens with one attached hydrogen (secondary N) is 1. The number of hydrogen-bond donors (Lipinski definition) is 1.